The summed E-state index contributed by atoms with van der Waals surface area (Å²) in [5.41, 5.74) is 0. The lowest BCUT2D eigenvalue weighted by Crippen LogP contribution is -2.15. The molecule has 38 heavy (non-hydrogen) atoms. The van der Waals surface area contributed by atoms with Crippen molar-refractivity contribution < 1.29 is 28.4 Å². The van der Waals surface area contributed by atoms with Crippen LogP contribution in [0.5, 0.6) is 28.1 Å². The molecule has 2 aromatic heterocycles. The predicted molar refractivity (Wildman–Crippen MR) is 160 cm³/mol. The van der Waals surface area contributed by atoms with Crippen molar-refractivity contribution in [3.05, 3.63) is 15.1 Å². The van der Waals surface area contributed by atoms with Crippen molar-refractivity contribution in [3.63, 3.8) is 0 Å². The summed E-state index contributed by atoms with van der Waals surface area (Å²) in [6.07, 6.45) is 15.1. The van der Waals surface area contributed by atoms with Gasteiger partial charge in [-0.05, 0) is 38.5 Å². The molecular formula is C30H50O6S2. The quantitative estimate of drug-likeness (QED) is 0.252. The number of thiophene rings is 2. The molecule has 3 aliphatic rings. The van der Waals surface area contributed by atoms with Crippen LogP contribution in [-0.4, -0.2) is 46.8 Å². The zero-order chi connectivity index (χ0) is 26.1. The van der Waals surface area contributed by atoms with Crippen molar-refractivity contribution in [1.29, 1.82) is 0 Å². The van der Waals surface area contributed by atoms with Crippen LogP contribution in [0.1, 0.15) is 95.2 Å². The van der Waals surface area contributed by atoms with E-state index in [9.17, 15) is 0 Å². The van der Waals surface area contributed by atoms with Gasteiger partial charge in [0.15, 0.2) is 17.2 Å². The molecule has 0 bridgehead atoms. The normalized spacial score (nSPS) is 14.9. The molecule has 3 aliphatic heterocycles. The fourth-order valence-electron chi connectivity index (χ4n) is 4.30. The van der Waals surface area contributed by atoms with Crippen molar-refractivity contribution in [2.75, 3.05) is 46.8 Å². The smallest absolute Gasteiger partial charge is 0.221 e. The van der Waals surface area contributed by atoms with Crippen molar-refractivity contribution in [1.82, 2.24) is 0 Å². The van der Waals surface area contributed by atoms with E-state index in [1.165, 1.54) is 74.0 Å². The van der Waals surface area contributed by atoms with Gasteiger partial charge < -0.3 is 28.4 Å². The van der Waals surface area contributed by atoms with Crippen LogP contribution in [0.2, 0.25) is 0 Å². The maximum absolute atomic E-state index is 5.70. The summed E-state index contributed by atoms with van der Waals surface area (Å²) in [5, 5.41) is 2.93. The van der Waals surface area contributed by atoms with E-state index in [-0.39, 0.29) is 7.43 Å². The summed E-state index contributed by atoms with van der Waals surface area (Å²) < 4.78 is 32.7. The Morgan fingerprint density at radius 2 is 1.26 bits per heavy atom. The van der Waals surface area contributed by atoms with Gasteiger partial charge in [-0.2, -0.15) is 0 Å². The highest BCUT2D eigenvalue weighted by Crippen LogP contribution is 2.49. The van der Waals surface area contributed by atoms with Gasteiger partial charge >= 0.3 is 0 Å². The minimum atomic E-state index is 0. The molecule has 2 aromatic rings. The number of ether oxygens (including phenoxy) is 6. The Morgan fingerprint density at radius 3 is 1.84 bits per heavy atom. The average molecular weight is 571 g/mol. The second-order valence-electron chi connectivity index (χ2n) is 9.36. The first kappa shape index (κ1) is 32.6. The molecule has 5 rings (SSSR count). The van der Waals surface area contributed by atoms with Gasteiger partial charge in [0, 0.05) is 18.6 Å². The lowest BCUT2D eigenvalue weighted by Gasteiger charge is -2.16. The standard InChI is InChI=1S/C13H20O3S.C12H18O2S.C4H8O.CH4/c1-3-4-5-6-7-10-11-12(13(14-2)17-10)16-9-8-15-11;1-2-3-4-5-6-11-12-10(9-15-11)13-7-8-14-12;1-2-4-5-3-1;/h3-9H2,1-2H3;9H,2-8H2,1H3;1-4H2;1H4. The van der Waals surface area contributed by atoms with Crippen LogP contribution >= 0.6 is 22.7 Å². The van der Waals surface area contributed by atoms with Crippen molar-refractivity contribution in [3.8, 4) is 28.1 Å². The molecule has 8 heteroatoms. The third kappa shape index (κ3) is 10.5. The molecular weight excluding hydrogens is 520 g/mol. The van der Waals surface area contributed by atoms with Crippen LogP contribution in [0.25, 0.3) is 0 Å². The Bertz CT molecular complexity index is 867. The molecule has 0 spiro atoms. The van der Waals surface area contributed by atoms with Gasteiger partial charge in [-0.15, -0.1) is 11.3 Å². The largest absolute Gasteiger partial charge is 0.485 e. The first-order valence-electron chi connectivity index (χ1n) is 14.2. The average Bonchev–Trinajstić information content (AvgIpc) is 3.71. The van der Waals surface area contributed by atoms with E-state index in [0.717, 1.165) is 54.1 Å². The molecule has 5 heterocycles. The number of hydrogen-bond acceptors (Lipinski definition) is 8. The minimum Gasteiger partial charge on any atom is -0.485 e. The molecule has 218 valence electrons. The number of unbranched alkanes of at least 4 members (excludes halogenated alkanes) is 6. The van der Waals surface area contributed by atoms with Crippen LogP contribution in [-0.2, 0) is 17.6 Å². The molecule has 0 N–H and O–H groups in total. The van der Waals surface area contributed by atoms with Crippen LogP contribution in [0.3, 0.4) is 0 Å². The SMILES string of the molecule is C.C1CCOC1.CCCCCCc1sc(OC)c2c1OCCO2.CCCCCCc1scc2c1OCCO2. The van der Waals surface area contributed by atoms with E-state index in [1.807, 2.05) is 0 Å². The second-order valence-corrected chi connectivity index (χ2v) is 11.4. The fourth-order valence-corrected chi connectivity index (χ4v) is 6.30. The molecule has 0 amide bonds. The second kappa shape index (κ2) is 19.4. The molecule has 0 atom stereocenters. The highest BCUT2D eigenvalue weighted by atomic mass is 32.1. The molecule has 6 nitrogen and oxygen atoms in total. The van der Waals surface area contributed by atoms with Crippen molar-refractivity contribution in [2.45, 2.75) is 98.3 Å². The van der Waals surface area contributed by atoms with E-state index in [1.54, 1.807) is 29.8 Å². The van der Waals surface area contributed by atoms with Gasteiger partial charge in [-0.3, -0.25) is 0 Å². The maximum atomic E-state index is 5.70. The Balaban J connectivity index is 0.000000222. The summed E-state index contributed by atoms with van der Waals surface area (Å²) in [5.74, 6) is 3.71. The summed E-state index contributed by atoms with van der Waals surface area (Å²) in [6.45, 7) is 9.13. The number of aryl methyl sites for hydroxylation is 2. The van der Waals surface area contributed by atoms with E-state index < -0.39 is 0 Å². The number of hydrogen-bond donors (Lipinski definition) is 0. The van der Waals surface area contributed by atoms with E-state index >= 15 is 0 Å². The van der Waals surface area contributed by atoms with Gasteiger partial charge in [0.25, 0.3) is 0 Å². The minimum absolute atomic E-state index is 0. The molecule has 0 unspecified atom stereocenters. The summed E-state index contributed by atoms with van der Waals surface area (Å²) in [7, 11) is 1.69. The summed E-state index contributed by atoms with van der Waals surface area (Å²) >= 11 is 3.43. The number of fused-ring (bicyclic) bond motifs is 2. The van der Waals surface area contributed by atoms with Crippen LogP contribution in [0.15, 0.2) is 5.38 Å². The Morgan fingerprint density at radius 1 is 0.684 bits per heavy atom. The third-order valence-corrected chi connectivity index (χ3v) is 8.52. The summed E-state index contributed by atoms with van der Waals surface area (Å²) in [6, 6.07) is 0. The van der Waals surface area contributed by atoms with Crippen LogP contribution in [0, 0.1) is 0 Å². The lowest BCUT2D eigenvalue weighted by molar-refractivity contribution is 0.167. The van der Waals surface area contributed by atoms with Gasteiger partial charge in [0.1, 0.15) is 26.4 Å². The lowest BCUT2D eigenvalue weighted by atomic mass is 10.1. The molecule has 1 fully saturated rings. The molecule has 0 aliphatic carbocycles. The topological polar surface area (TPSA) is 55.4 Å². The van der Waals surface area contributed by atoms with Crippen molar-refractivity contribution in [2.24, 2.45) is 0 Å². The van der Waals surface area contributed by atoms with E-state index in [4.69, 9.17) is 28.4 Å². The van der Waals surface area contributed by atoms with Crippen LogP contribution in [0.4, 0.5) is 0 Å². The highest BCUT2D eigenvalue weighted by molar-refractivity contribution is 7.14. The zero-order valence-electron chi connectivity index (χ0n) is 23.1. The van der Waals surface area contributed by atoms with E-state index in [2.05, 4.69) is 19.2 Å². The molecule has 0 radical (unpaired) electrons. The Hall–Kier alpha value is -1.64. The molecule has 0 aromatic carbocycles. The predicted octanol–water partition coefficient (Wildman–Crippen LogP) is 8.73. The highest BCUT2D eigenvalue weighted by Gasteiger charge is 2.24. The first-order valence-corrected chi connectivity index (χ1v) is 15.9. The monoisotopic (exact) mass is 570 g/mol. The van der Waals surface area contributed by atoms with E-state index in [0.29, 0.717) is 26.4 Å². The summed E-state index contributed by atoms with van der Waals surface area (Å²) in [4.78, 5) is 2.63. The first-order chi connectivity index (χ1) is 18.3. The fraction of sp³-hybridized carbons (Fsp3) is 0.733. The Kier molecular flexibility index (Phi) is 16.6. The van der Waals surface area contributed by atoms with Gasteiger partial charge in [-0.1, -0.05) is 71.1 Å². The third-order valence-electron chi connectivity index (χ3n) is 6.34. The number of rotatable bonds is 11. The molecule has 0 saturated carbocycles. The number of methoxy groups -OCH3 is 1. The molecule has 1 saturated heterocycles. The maximum Gasteiger partial charge on any atom is 0.221 e. The van der Waals surface area contributed by atoms with Gasteiger partial charge in [0.2, 0.25) is 10.8 Å². The van der Waals surface area contributed by atoms with Crippen LogP contribution < -0.4 is 23.7 Å². The van der Waals surface area contributed by atoms with Gasteiger partial charge in [0.05, 0.1) is 16.9 Å². The zero-order valence-corrected chi connectivity index (χ0v) is 24.7. The van der Waals surface area contributed by atoms with Crippen molar-refractivity contribution >= 4 is 22.7 Å². The Labute approximate surface area is 238 Å². The van der Waals surface area contributed by atoms with Gasteiger partial charge in [-0.25, -0.2) is 0 Å².